The lowest BCUT2D eigenvalue weighted by Gasteiger charge is -2.16. The maximum absolute atomic E-state index is 12.5. The van der Waals surface area contributed by atoms with Crippen LogP contribution in [0.3, 0.4) is 0 Å². The second-order valence-corrected chi connectivity index (χ2v) is 6.57. The van der Waals surface area contributed by atoms with Crippen LogP contribution in [-0.2, 0) is 16.0 Å². The predicted molar refractivity (Wildman–Crippen MR) is 106 cm³/mol. The van der Waals surface area contributed by atoms with Crippen LogP contribution >= 0.6 is 0 Å². The quantitative estimate of drug-likeness (QED) is 0.587. The number of rotatable bonds is 6. The smallest absolute Gasteiger partial charge is 0.249 e. The molecular weight excluding hydrogens is 374 g/mol. The number of ether oxygens (including phenoxy) is 2. The molecule has 0 spiro atoms. The van der Waals surface area contributed by atoms with Crippen LogP contribution in [0.1, 0.15) is 5.56 Å². The van der Waals surface area contributed by atoms with E-state index in [1.807, 2.05) is 6.07 Å². The van der Waals surface area contributed by atoms with Crippen molar-refractivity contribution in [3.05, 3.63) is 60.3 Å². The fourth-order valence-electron chi connectivity index (χ4n) is 3.06. The van der Waals surface area contributed by atoms with Gasteiger partial charge >= 0.3 is 0 Å². The molecule has 8 nitrogen and oxygen atoms in total. The van der Waals surface area contributed by atoms with Crippen LogP contribution in [0.25, 0.3) is 10.9 Å². The molecule has 1 aliphatic rings. The lowest BCUT2D eigenvalue weighted by atomic mass is 10.1. The Hall–Kier alpha value is -3.65. The summed E-state index contributed by atoms with van der Waals surface area (Å²) in [5, 5.41) is 15.7. The molecule has 2 amide bonds. The highest BCUT2D eigenvalue weighted by atomic mass is 16.7. The van der Waals surface area contributed by atoms with E-state index in [1.165, 1.54) is 0 Å². The van der Waals surface area contributed by atoms with Crippen molar-refractivity contribution in [1.29, 1.82) is 0 Å². The van der Waals surface area contributed by atoms with Gasteiger partial charge in [-0.15, -0.1) is 0 Å². The van der Waals surface area contributed by atoms with Crippen LogP contribution in [0.15, 0.2) is 54.7 Å². The van der Waals surface area contributed by atoms with Gasteiger partial charge in [0.2, 0.25) is 18.6 Å². The highest BCUT2D eigenvalue weighted by Crippen LogP contribution is 2.32. The number of hydrogen-bond donors (Lipinski definition) is 3. The van der Waals surface area contributed by atoms with E-state index in [-0.39, 0.29) is 19.1 Å². The van der Waals surface area contributed by atoms with Gasteiger partial charge in [-0.05, 0) is 42.0 Å². The van der Waals surface area contributed by atoms with E-state index in [2.05, 4.69) is 15.6 Å². The summed E-state index contributed by atoms with van der Waals surface area (Å²) in [5.74, 6) is 0.320. The highest BCUT2D eigenvalue weighted by molar-refractivity contribution is 5.98. The van der Waals surface area contributed by atoms with E-state index in [9.17, 15) is 14.7 Å². The van der Waals surface area contributed by atoms with Crippen molar-refractivity contribution in [2.75, 3.05) is 18.7 Å². The van der Waals surface area contributed by atoms with Crippen molar-refractivity contribution >= 4 is 28.4 Å². The van der Waals surface area contributed by atoms with Crippen LogP contribution in [0.4, 0.5) is 5.69 Å². The number of aliphatic hydroxyl groups is 1. The zero-order chi connectivity index (χ0) is 20.2. The van der Waals surface area contributed by atoms with Crippen molar-refractivity contribution in [3.63, 3.8) is 0 Å². The Morgan fingerprint density at radius 1 is 1.10 bits per heavy atom. The normalized spacial score (nSPS) is 13.1. The second-order valence-electron chi connectivity index (χ2n) is 6.57. The minimum atomic E-state index is -1.07. The number of carbonyl (C=O) groups is 2. The number of benzene rings is 2. The molecule has 8 heteroatoms. The number of hydrogen-bond acceptors (Lipinski definition) is 6. The Morgan fingerprint density at radius 2 is 1.97 bits per heavy atom. The van der Waals surface area contributed by atoms with Gasteiger partial charge in [0.15, 0.2) is 11.5 Å². The molecule has 1 aromatic heterocycles. The molecule has 4 rings (SSSR count). The number of aromatic nitrogens is 1. The first kappa shape index (κ1) is 18.7. The van der Waals surface area contributed by atoms with E-state index >= 15 is 0 Å². The average molecular weight is 393 g/mol. The molecule has 0 fully saturated rings. The van der Waals surface area contributed by atoms with E-state index in [0.717, 1.165) is 10.9 Å². The number of nitrogens with zero attached hydrogens (tertiary/aromatic N) is 1. The average Bonchev–Trinajstić information content (AvgIpc) is 3.19. The van der Waals surface area contributed by atoms with E-state index in [4.69, 9.17) is 9.47 Å². The molecule has 2 heterocycles. The minimum absolute atomic E-state index is 0.0437. The van der Waals surface area contributed by atoms with Gasteiger partial charge in [0, 0.05) is 17.3 Å². The third-order valence-electron chi connectivity index (χ3n) is 4.51. The Kier molecular flexibility index (Phi) is 5.26. The monoisotopic (exact) mass is 393 g/mol. The van der Waals surface area contributed by atoms with Crippen LogP contribution in [0.2, 0.25) is 0 Å². The summed E-state index contributed by atoms with van der Waals surface area (Å²) in [6.07, 6.45) is 1.74. The van der Waals surface area contributed by atoms with Crippen LogP contribution in [0, 0.1) is 0 Å². The summed E-state index contributed by atoms with van der Waals surface area (Å²) in [4.78, 5) is 29.0. The van der Waals surface area contributed by atoms with Crippen molar-refractivity contribution in [1.82, 2.24) is 10.3 Å². The van der Waals surface area contributed by atoms with Crippen molar-refractivity contribution < 1.29 is 24.2 Å². The second kappa shape index (κ2) is 8.15. The van der Waals surface area contributed by atoms with Crippen LogP contribution in [-0.4, -0.2) is 41.3 Å². The number of pyridine rings is 1. The molecule has 0 saturated heterocycles. The molecule has 3 N–H and O–H groups in total. The molecule has 2 aromatic carbocycles. The van der Waals surface area contributed by atoms with Gasteiger partial charge in [0.1, 0.15) is 6.04 Å². The lowest BCUT2D eigenvalue weighted by Crippen LogP contribution is -2.46. The first-order valence-electron chi connectivity index (χ1n) is 9.07. The molecule has 148 valence electrons. The van der Waals surface area contributed by atoms with Crippen LogP contribution < -0.4 is 20.1 Å². The Balaban J connectivity index is 1.38. The Labute approximate surface area is 166 Å². The Morgan fingerprint density at radius 3 is 2.83 bits per heavy atom. The summed E-state index contributed by atoms with van der Waals surface area (Å²) < 4.78 is 10.5. The summed E-state index contributed by atoms with van der Waals surface area (Å²) in [7, 11) is 0. The van der Waals surface area contributed by atoms with Gasteiger partial charge < -0.3 is 25.2 Å². The molecule has 29 heavy (non-hydrogen) atoms. The number of carbonyl (C=O) groups excluding carboxylic acids is 2. The number of nitrogens with one attached hydrogen (secondary N) is 2. The summed E-state index contributed by atoms with van der Waals surface area (Å²) in [6.45, 7) is -0.365. The molecule has 0 radical (unpaired) electrons. The summed E-state index contributed by atoms with van der Waals surface area (Å²) in [6, 6.07) is 13.1. The van der Waals surface area contributed by atoms with Gasteiger partial charge in [-0.3, -0.25) is 14.6 Å². The zero-order valence-electron chi connectivity index (χ0n) is 15.4. The number of anilines is 1. The van der Waals surface area contributed by atoms with Crippen molar-refractivity contribution in [3.8, 4) is 11.5 Å². The molecule has 0 saturated carbocycles. The predicted octanol–water partition coefficient (Wildman–Crippen LogP) is 1.62. The van der Waals surface area contributed by atoms with Gasteiger partial charge in [-0.2, -0.15) is 0 Å². The van der Waals surface area contributed by atoms with Gasteiger partial charge in [-0.25, -0.2) is 0 Å². The van der Waals surface area contributed by atoms with E-state index in [1.54, 1.807) is 48.7 Å². The maximum atomic E-state index is 12.5. The summed E-state index contributed by atoms with van der Waals surface area (Å²) in [5.41, 5.74) is 2.08. The highest BCUT2D eigenvalue weighted by Gasteiger charge is 2.21. The Bertz CT molecular complexity index is 1070. The lowest BCUT2D eigenvalue weighted by molar-refractivity contribution is -0.126. The third-order valence-corrected chi connectivity index (χ3v) is 4.51. The van der Waals surface area contributed by atoms with Crippen LogP contribution in [0.5, 0.6) is 11.5 Å². The zero-order valence-corrected chi connectivity index (χ0v) is 15.4. The molecule has 0 bridgehead atoms. The van der Waals surface area contributed by atoms with E-state index in [0.29, 0.717) is 22.7 Å². The molecule has 1 atom stereocenters. The topological polar surface area (TPSA) is 110 Å². The summed E-state index contributed by atoms with van der Waals surface area (Å²) >= 11 is 0. The fourth-order valence-corrected chi connectivity index (χ4v) is 3.06. The maximum Gasteiger partial charge on any atom is 0.249 e. The van der Waals surface area contributed by atoms with Gasteiger partial charge in [-0.1, -0.05) is 12.1 Å². The minimum Gasteiger partial charge on any atom is -0.454 e. The molecule has 1 aliphatic heterocycles. The molecule has 0 aliphatic carbocycles. The molecular formula is C21H19N3O5. The van der Waals surface area contributed by atoms with Crippen molar-refractivity contribution in [2.24, 2.45) is 0 Å². The van der Waals surface area contributed by atoms with Gasteiger partial charge in [0.25, 0.3) is 0 Å². The first-order chi connectivity index (χ1) is 14.1. The molecule has 3 aromatic rings. The fraction of sp³-hybridized carbons (Fsp3) is 0.190. The number of aliphatic hydroxyl groups excluding tert-OH is 1. The number of fused-ring (bicyclic) bond motifs is 2. The third kappa shape index (κ3) is 4.27. The first-order valence-corrected chi connectivity index (χ1v) is 9.07. The largest absolute Gasteiger partial charge is 0.454 e. The SMILES string of the molecule is O=C(Cc1ccc2c(c1)OCO2)NC(CO)C(=O)Nc1ccc2ncccc2c1. The standard InChI is InChI=1S/C21H19N3O5/c25-11-17(21(27)23-15-4-5-16-14(10-15)2-1-7-22-16)24-20(26)9-13-3-6-18-19(8-13)29-12-28-18/h1-8,10,17,25H,9,11-12H2,(H,23,27)(H,24,26). The van der Waals surface area contributed by atoms with E-state index < -0.39 is 18.6 Å². The number of amides is 2. The van der Waals surface area contributed by atoms with Crippen molar-refractivity contribution in [2.45, 2.75) is 12.5 Å². The van der Waals surface area contributed by atoms with Gasteiger partial charge in [0.05, 0.1) is 18.5 Å². The molecule has 1 unspecified atom stereocenters.